The molecule has 0 saturated carbocycles. The van der Waals surface area contributed by atoms with Crippen molar-refractivity contribution in [2.24, 2.45) is 0 Å². The summed E-state index contributed by atoms with van der Waals surface area (Å²) in [6, 6.07) is 11.7. The van der Waals surface area contributed by atoms with Crippen LogP contribution in [0, 0.1) is 6.92 Å². The third kappa shape index (κ3) is 4.18. The number of rotatable bonds is 5. The van der Waals surface area contributed by atoms with Crippen LogP contribution in [0.15, 0.2) is 36.4 Å². The van der Waals surface area contributed by atoms with Crippen LogP contribution in [0.1, 0.15) is 15.4 Å². The maximum Gasteiger partial charge on any atom is 0.289 e. The first kappa shape index (κ1) is 20.8. The lowest BCUT2D eigenvalue weighted by molar-refractivity contribution is 0.0391. The van der Waals surface area contributed by atoms with Gasteiger partial charge < -0.3 is 4.74 Å². The highest BCUT2D eigenvalue weighted by atomic mass is 35.5. The Morgan fingerprint density at radius 3 is 2.74 bits per heavy atom. The number of aromatic nitrogens is 2. The number of aryl methyl sites for hydroxylation is 1. The molecule has 0 bridgehead atoms. The molecule has 0 aliphatic carbocycles. The molecule has 0 radical (unpaired) electrons. The van der Waals surface area contributed by atoms with Gasteiger partial charge in [-0.15, -0.1) is 11.3 Å². The molecule has 160 valence electrons. The van der Waals surface area contributed by atoms with Crippen LogP contribution in [0.2, 0.25) is 5.02 Å². The molecule has 0 spiro atoms. The molecule has 5 rings (SSSR count). The van der Waals surface area contributed by atoms with Crippen molar-refractivity contribution in [2.75, 3.05) is 44.3 Å². The minimum atomic E-state index is -0.114. The van der Waals surface area contributed by atoms with Crippen LogP contribution in [0.3, 0.4) is 0 Å². The molecular formula is C22H21ClN4O2S2. The summed E-state index contributed by atoms with van der Waals surface area (Å²) in [5, 5.41) is 1.84. The predicted molar refractivity (Wildman–Crippen MR) is 128 cm³/mol. The zero-order valence-electron chi connectivity index (χ0n) is 17.0. The first-order valence-corrected chi connectivity index (χ1v) is 12.1. The lowest BCUT2D eigenvalue weighted by Crippen LogP contribution is -2.43. The number of thiazole rings is 2. The molecule has 0 N–H and O–H groups in total. The van der Waals surface area contributed by atoms with E-state index in [0.29, 0.717) is 21.7 Å². The van der Waals surface area contributed by atoms with Crippen molar-refractivity contribution >= 4 is 65.7 Å². The summed E-state index contributed by atoms with van der Waals surface area (Å²) < 4.78 is 7.48. The number of morpholine rings is 1. The molecule has 2 aromatic carbocycles. The van der Waals surface area contributed by atoms with Gasteiger partial charge in [-0.1, -0.05) is 35.1 Å². The lowest BCUT2D eigenvalue weighted by atomic mass is 10.2. The van der Waals surface area contributed by atoms with E-state index in [4.69, 9.17) is 21.3 Å². The zero-order chi connectivity index (χ0) is 21.4. The van der Waals surface area contributed by atoms with Crippen LogP contribution in [0.5, 0.6) is 0 Å². The van der Waals surface area contributed by atoms with Crippen LogP contribution < -0.4 is 4.90 Å². The number of carbonyl (C=O) groups is 1. The topological polar surface area (TPSA) is 58.6 Å². The molecule has 1 saturated heterocycles. The fourth-order valence-electron chi connectivity index (χ4n) is 3.63. The van der Waals surface area contributed by atoms with Crippen LogP contribution >= 0.6 is 34.3 Å². The number of ether oxygens (including phenoxy) is 1. The predicted octanol–water partition coefficient (Wildman–Crippen LogP) is 4.85. The van der Waals surface area contributed by atoms with Gasteiger partial charge in [-0.25, -0.2) is 9.97 Å². The van der Waals surface area contributed by atoms with Gasteiger partial charge in [0.15, 0.2) is 10.1 Å². The van der Waals surface area contributed by atoms with Crippen LogP contribution in [0.25, 0.3) is 20.4 Å². The minimum Gasteiger partial charge on any atom is -0.379 e. The second kappa shape index (κ2) is 8.80. The highest BCUT2D eigenvalue weighted by Crippen LogP contribution is 2.34. The second-order valence-electron chi connectivity index (χ2n) is 7.41. The molecule has 4 aromatic rings. The molecule has 1 fully saturated rings. The van der Waals surface area contributed by atoms with Crippen molar-refractivity contribution in [3.8, 4) is 0 Å². The number of benzene rings is 2. The Balaban J connectivity index is 1.50. The fraction of sp³-hybridized carbons (Fsp3) is 0.318. The Bertz CT molecular complexity index is 1220. The van der Waals surface area contributed by atoms with E-state index in [-0.39, 0.29) is 5.91 Å². The van der Waals surface area contributed by atoms with Gasteiger partial charge in [0.25, 0.3) is 5.91 Å². The highest BCUT2D eigenvalue weighted by molar-refractivity contribution is 7.23. The molecule has 9 heteroatoms. The summed E-state index contributed by atoms with van der Waals surface area (Å²) in [4.78, 5) is 27.1. The van der Waals surface area contributed by atoms with E-state index >= 15 is 0 Å². The number of hydrogen-bond donors (Lipinski definition) is 0. The molecule has 6 nitrogen and oxygen atoms in total. The monoisotopic (exact) mass is 472 g/mol. The first-order valence-electron chi connectivity index (χ1n) is 10.1. The number of nitrogens with zero attached hydrogens (tertiary/aromatic N) is 4. The van der Waals surface area contributed by atoms with Gasteiger partial charge in [-0.05, 0) is 36.8 Å². The van der Waals surface area contributed by atoms with Gasteiger partial charge in [-0.3, -0.25) is 14.6 Å². The number of amides is 1. The third-order valence-electron chi connectivity index (χ3n) is 5.43. The van der Waals surface area contributed by atoms with E-state index in [0.717, 1.165) is 58.8 Å². The van der Waals surface area contributed by atoms with Gasteiger partial charge >= 0.3 is 0 Å². The molecule has 31 heavy (non-hydrogen) atoms. The maximum absolute atomic E-state index is 13.6. The van der Waals surface area contributed by atoms with Crippen molar-refractivity contribution < 1.29 is 9.53 Å². The first-order chi connectivity index (χ1) is 15.1. The smallest absolute Gasteiger partial charge is 0.289 e. The van der Waals surface area contributed by atoms with Gasteiger partial charge in [0.05, 0.1) is 33.6 Å². The minimum absolute atomic E-state index is 0.114. The summed E-state index contributed by atoms with van der Waals surface area (Å²) in [6.07, 6.45) is 0. The average molecular weight is 473 g/mol. The van der Waals surface area contributed by atoms with E-state index < -0.39 is 0 Å². The summed E-state index contributed by atoms with van der Waals surface area (Å²) >= 11 is 9.24. The molecular weight excluding hydrogens is 452 g/mol. The summed E-state index contributed by atoms with van der Waals surface area (Å²) in [5.74, 6) is -0.114. The summed E-state index contributed by atoms with van der Waals surface area (Å²) in [5.41, 5.74) is 2.62. The van der Waals surface area contributed by atoms with Crippen LogP contribution in [-0.4, -0.2) is 60.2 Å². The molecule has 0 unspecified atom stereocenters. The standard InChI is InChI=1S/C22H21ClN4O2S2/c1-14-15(23)6-7-18-19(14)25-22(31-18)27(9-8-26-10-12-29-13-11-26)21(28)20-24-16-4-2-3-5-17(16)30-20/h2-7H,8-13H2,1H3. The highest BCUT2D eigenvalue weighted by Gasteiger charge is 2.26. The van der Waals surface area contributed by atoms with E-state index in [1.165, 1.54) is 22.7 Å². The van der Waals surface area contributed by atoms with Crippen molar-refractivity contribution in [1.82, 2.24) is 14.9 Å². The van der Waals surface area contributed by atoms with Gasteiger partial charge in [0, 0.05) is 31.2 Å². The van der Waals surface area contributed by atoms with E-state index in [1.54, 1.807) is 4.90 Å². The van der Waals surface area contributed by atoms with Crippen molar-refractivity contribution in [2.45, 2.75) is 6.92 Å². The number of carbonyl (C=O) groups excluding carboxylic acids is 1. The van der Waals surface area contributed by atoms with Crippen molar-refractivity contribution in [3.05, 3.63) is 52.0 Å². The maximum atomic E-state index is 13.6. The Morgan fingerprint density at radius 1 is 1.13 bits per heavy atom. The molecule has 3 heterocycles. The Kier molecular flexibility index (Phi) is 5.90. The molecule has 0 atom stereocenters. The van der Waals surface area contributed by atoms with Crippen LogP contribution in [0.4, 0.5) is 5.13 Å². The van der Waals surface area contributed by atoms with Crippen LogP contribution in [-0.2, 0) is 4.74 Å². The zero-order valence-corrected chi connectivity index (χ0v) is 19.4. The average Bonchev–Trinajstić information content (AvgIpc) is 3.42. The Labute approximate surface area is 193 Å². The Morgan fingerprint density at radius 2 is 1.94 bits per heavy atom. The third-order valence-corrected chi connectivity index (χ3v) is 7.91. The van der Waals surface area contributed by atoms with E-state index in [2.05, 4.69) is 9.88 Å². The van der Waals surface area contributed by atoms with Crippen molar-refractivity contribution in [1.29, 1.82) is 0 Å². The SMILES string of the molecule is Cc1c(Cl)ccc2sc(N(CCN3CCOCC3)C(=O)c3nc4ccccc4s3)nc12. The van der Waals surface area contributed by atoms with Gasteiger partial charge in [0.1, 0.15) is 0 Å². The molecule has 1 aliphatic rings. The second-order valence-corrected chi connectivity index (χ2v) is 9.86. The van der Waals surface area contributed by atoms with Gasteiger partial charge in [-0.2, -0.15) is 0 Å². The number of hydrogen-bond acceptors (Lipinski definition) is 7. The quantitative estimate of drug-likeness (QED) is 0.415. The number of halogens is 1. The number of fused-ring (bicyclic) bond motifs is 2. The lowest BCUT2D eigenvalue weighted by Gasteiger charge is -2.28. The number of anilines is 1. The Hall–Kier alpha value is -2.10. The molecule has 2 aromatic heterocycles. The van der Waals surface area contributed by atoms with E-state index in [1.807, 2.05) is 43.3 Å². The largest absolute Gasteiger partial charge is 0.379 e. The number of para-hydroxylation sites is 1. The van der Waals surface area contributed by atoms with Gasteiger partial charge in [0.2, 0.25) is 0 Å². The van der Waals surface area contributed by atoms with Crippen molar-refractivity contribution in [3.63, 3.8) is 0 Å². The normalized spacial score (nSPS) is 15.0. The summed E-state index contributed by atoms with van der Waals surface area (Å²) in [6.45, 7) is 6.46. The summed E-state index contributed by atoms with van der Waals surface area (Å²) in [7, 11) is 0. The molecule has 1 aliphatic heterocycles. The van der Waals surface area contributed by atoms with E-state index in [9.17, 15) is 4.79 Å². The fourth-order valence-corrected chi connectivity index (χ4v) is 5.75. The molecule has 1 amide bonds.